The Hall–Kier alpha value is -6.60. The highest BCUT2D eigenvalue weighted by atomic mass is 32.2. The Morgan fingerprint density at radius 3 is 2.12 bits per heavy atom. The maximum Gasteiger partial charge on any atom is 0.305 e. The highest BCUT2D eigenvalue weighted by molar-refractivity contribution is 7.90. The van der Waals surface area contributed by atoms with Gasteiger partial charge in [-0.25, -0.2) is 13.1 Å². The first-order valence-electron chi connectivity index (χ1n) is 17.6. The number of carboxylic acid groups (broad SMARTS) is 1. The average molecular weight is 833 g/mol. The summed E-state index contributed by atoms with van der Waals surface area (Å²) in [5, 5.41) is 25.7. The van der Waals surface area contributed by atoms with Gasteiger partial charge in [-0.2, -0.15) is 0 Å². The maximum atomic E-state index is 13.5. The molecule has 24 heteroatoms. The van der Waals surface area contributed by atoms with Crippen molar-refractivity contribution in [2.45, 2.75) is 82.9 Å². The van der Waals surface area contributed by atoms with E-state index in [0.717, 1.165) is 5.56 Å². The number of fused-ring (bicyclic) bond motifs is 1. The second-order valence-electron chi connectivity index (χ2n) is 13.5. The molecular weight excluding hydrogens is 785 g/mol. The summed E-state index contributed by atoms with van der Waals surface area (Å²) in [5.41, 5.74) is 16.2. The molecule has 0 saturated carbocycles. The fourth-order valence-corrected chi connectivity index (χ4v) is 7.16. The van der Waals surface area contributed by atoms with E-state index in [1.807, 2.05) is 13.8 Å². The van der Waals surface area contributed by atoms with E-state index in [-0.39, 0.29) is 30.8 Å². The number of sulfonamides is 1. The molecule has 0 aromatic heterocycles. The summed E-state index contributed by atoms with van der Waals surface area (Å²) in [6.07, 6.45) is 4.67. The molecule has 23 nitrogen and oxygen atoms in total. The van der Waals surface area contributed by atoms with Crippen molar-refractivity contribution < 1.29 is 51.8 Å². The topological polar surface area (TPSA) is 354 Å². The third-order valence-electron chi connectivity index (χ3n) is 8.37. The number of ether oxygens (including phenoxy) is 1. The van der Waals surface area contributed by atoms with Crippen molar-refractivity contribution in [1.82, 2.24) is 36.6 Å². The first-order valence-corrected chi connectivity index (χ1v) is 19.1. The van der Waals surface area contributed by atoms with Gasteiger partial charge in [0.25, 0.3) is 10.0 Å². The Bertz CT molecular complexity index is 2020. The fourth-order valence-electron chi connectivity index (χ4n) is 5.63. The molecule has 0 aliphatic carbocycles. The number of terminal acetylenes is 1. The van der Waals surface area contributed by atoms with Crippen molar-refractivity contribution in [3.63, 3.8) is 0 Å². The molecular formula is C34H48N12O11S. The average Bonchev–Trinajstić information content (AvgIpc) is 3.48. The van der Waals surface area contributed by atoms with E-state index in [4.69, 9.17) is 27.5 Å². The maximum absolute atomic E-state index is 13.5. The molecule has 10 N–H and O–H groups in total. The normalized spacial score (nSPS) is 13.8. The first kappa shape index (κ1) is 47.6. The number of benzene rings is 1. The molecule has 0 bridgehead atoms. The fraction of sp³-hybridized carbons (Fsp3) is 0.529. The van der Waals surface area contributed by atoms with E-state index in [1.165, 1.54) is 0 Å². The lowest BCUT2D eigenvalue weighted by Gasteiger charge is -2.20. The number of carboxylic acids is 1. The number of rotatable bonds is 21. The summed E-state index contributed by atoms with van der Waals surface area (Å²) in [6.45, 7) is 6.01. The molecule has 0 unspecified atom stereocenters. The van der Waals surface area contributed by atoms with Crippen LogP contribution in [0.15, 0.2) is 15.0 Å². The Morgan fingerprint density at radius 2 is 1.50 bits per heavy atom. The van der Waals surface area contributed by atoms with Gasteiger partial charge in [0.15, 0.2) is 0 Å². The van der Waals surface area contributed by atoms with Crippen molar-refractivity contribution in [2.75, 3.05) is 39.3 Å². The Morgan fingerprint density at radius 1 is 0.914 bits per heavy atom. The highest BCUT2D eigenvalue weighted by Gasteiger charge is 2.37. The summed E-state index contributed by atoms with van der Waals surface area (Å²) >= 11 is 0. The number of hydrogen-bond acceptors (Lipinski definition) is 12. The number of carbonyl (C=O) groups excluding carboxylic acids is 6. The molecule has 0 saturated heterocycles. The SMILES string of the molecule is C#CCNC(=O)[C@H](CC(=O)O)NC(=O)CNC(=O)[C@H](CCCN=C(N)NS(=O)(=O)c1c(C)c(C)c2c(c1C)CC(C)(C)O2)NC(=O)CNC(=O)CNC(=O)CN=[N+]=[N-]. The van der Waals surface area contributed by atoms with Crippen LogP contribution in [0.3, 0.4) is 0 Å². The van der Waals surface area contributed by atoms with Gasteiger partial charge >= 0.3 is 5.97 Å². The Labute approximate surface area is 334 Å². The lowest BCUT2D eigenvalue weighted by Crippen LogP contribution is -2.53. The number of hydrogen-bond donors (Lipinski definition) is 9. The minimum absolute atomic E-state index is 0.0228. The Balaban J connectivity index is 2.13. The van der Waals surface area contributed by atoms with Crippen molar-refractivity contribution in [3.8, 4) is 18.1 Å². The summed E-state index contributed by atoms with van der Waals surface area (Å²) in [7, 11) is -4.22. The molecule has 1 aliphatic rings. The van der Waals surface area contributed by atoms with Gasteiger partial charge in [0.1, 0.15) is 30.0 Å². The van der Waals surface area contributed by atoms with Gasteiger partial charge in [-0.05, 0) is 69.7 Å². The number of guanidine groups is 1. The number of azide groups is 1. The number of amides is 6. The van der Waals surface area contributed by atoms with E-state index in [2.05, 4.69) is 57.6 Å². The van der Waals surface area contributed by atoms with Crippen LogP contribution in [0.2, 0.25) is 0 Å². The number of aliphatic imine (C=N–C) groups is 1. The van der Waals surface area contributed by atoms with Crippen LogP contribution in [0, 0.1) is 33.1 Å². The molecule has 1 heterocycles. The first-order chi connectivity index (χ1) is 27.1. The van der Waals surface area contributed by atoms with Crippen molar-refractivity contribution in [3.05, 3.63) is 32.7 Å². The summed E-state index contributed by atoms with van der Waals surface area (Å²) in [4.78, 5) is 92.1. The predicted molar refractivity (Wildman–Crippen MR) is 206 cm³/mol. The van der Waals surface area contributed by atoms with E-state index in [1.54, 1.807) is 20.8 Å². The minimum atomic E-state index is -4.22. The molecule has 2 atom stereocenters. The van der Waals surface area contributed by atoms with Gasteiger partial charge in [-0.15, -0.1) is 6.42 Å². The molecule has 6 amide bonds. The van der Waals surface area contributed by atoms with Crippen LogP contribution in [0.1, 0.15) is 55.4 Å². The molecule has 1 aromatic rings. The van der Waals surface area contributed by atoms with Gasteiger partial charge in [-0.3, -0.25) is 38.6 Å². The van der Waals surface area contributed by atoms with Gasteiger partial charge in [0.2, 0.25) is 41.4 Å². The molecule has 0 spiro atoms. The third kappa shape index (κ3) is 14.8. The van der Waals surface area contributed by atoms with Crippen LogP contribution in [0.5, 0.6) is 5.75 Å². The Kier molecular flexibility index (Phi) is 17.7. The van der Waals surface area contributed by atoms with Crippen LogP contribution < -0.4 is 47.1 Å². The van der Waals surface area contributed by atoms with Gasteiger partial charge in [0.05, 0.1) is 37.5 Å². The molecule has 316 valence electrons. The zero-order valence-electron chi connectivity index (χ0n) is 32.6. The number of aliphatic carboxylic acids is 1. The predicted octanol–water partition coefficient (Wildman–Crippen LogP) is -2.45. The van der Waals surface area contributed by atoms with Crippen molar-refractivity contribution in [1.29, 1.82) is 0 Å². The standard InChI is InChI=1S/C34H48N12O11S/c1-7-10-37-32(54)23(12-28(51)52)44-27(50)16-41-31(53)22(43-26(49)15-40-24(47)14-39-25(48)17-42-46-36)9-8-11-38-33(35)45-58(55,56)30-19(3)18(2)29-21(20(30)4)13-34(5,6)57-29/h1,22-23H,8-17H2,2-6H3,(H,37,54)(H,39,48)(H,40,47)(H,41,53)(H,43,49)(H,44,50)(H,51,52)(H3,35,38,45)/t22-,23-/m0/s1. The minimum Gasteiger partial charge on any atom is -0.487 e. The highest BCUT2D eigenvalue weighted by Crippen LogP contribution is 2.43. The lowest BCUT2D eigenvalue weighted by molar-refractivity contribution is -0.140. The van der Waals surface area contributed by atoms with Crippen LogP contribution >= 0.6 is 0 Å². The number of nitrogens with one attached hydrogen (secondary N) is 7. The number of carbonyl (C=O) groups is 7. The summed E-state index contributed by atoms with van der Waals surface area (Å²) in [6, 6.07) is -2.89. The third-order valence-corrected chi connectivity index (χ3v) is 10.0. The zero-order chi connectivity index (χ0) is 43.8. The molecule has 2 rings (SSSR count). The summed E-state index contributed by atoms with van der Waals surface area (Å²) < 4.78 is 35.4. The van der Waals surface area contributed by atoms with Gasteiger partial charge in [-0.1, -0.05) is 11.0 Å². The van der Waals surface area contributed by atoms with E-state index < -0.39 is 108 Å². The quantitative estimate of drug-likeness (QED) is 0.0119. The van der Waals surface area contributed by atoms with Crippen molar-refractivity contribution in [2.24, 2.45) is 15.8 Å². The number of nitrogens with two attached hydrogens (primary N) is 1. The molecule has 0 fully saturated rings. The van der Waals surface area contributed by atoms with Crippen molar-refractivity contribution >= 4 is 57.4 Å². The lowest BCUT2D eigenvalue weighted by atomic mass is 9.94. The van der Waals surface area contributed by atoms with Gasteiger partial charge < -0.3 is 47.5 Å². The van der Waals surface area contributed by atoms with Crippen LogP contribution in [-0.4, -0.2) is 118 Å². The van der Waals surface area contributed by atoms with Crippen LogP contribution in [0.25, 0.3) is 10.4 Å². The largest absolute Gasteiger partial charge is 0.487 e. The molecule has 0 radical (unpaired) electrons. The molecule has 1 aliphatic heterocycles. The smallest absolute Gasteiger partial charge is 0.305 e. The number of nitrogens with zero attached hydrogens (tertiary/aromatic N) is 4. The van der Waals surface area contributed by atoms with Crippen LogP contribution in [0.4, 0.5) is 0 Å². The van der Waals surface area contributed by atoms with Gasteiger partial charge in [0, 0.05) is 23.4 Å². The van der Waals surface area contributed by atoms with E-state index in [0.29, 0.717) is 28.9 Å². The molecule has 1 aromatic carbocycles. The van der Waals surface area contributed by atoms with Crippen LogP contribution in [-0.2, 0) is 50.0 Å². The summed E-state index contributed by atoms with van der Waals surface area (Å²) in [5.74, 6) is -4.24. The molecule has 58 heavy (non-hydrogen) atoms. The monoisotopic (exact) mass is 832 g/mol. The van der Waals surface area contributed by atoms with E-state index >= 15 is 0 Å². The van der Waals surface area contributed by atoms with E-state index in [9.17, 15) is 42.0 Å². The second-order valence-corrected chi connectivity index (χ2v) is 15.1. The second kappa shape index (κ2) is 21.6. The zero-order valence-corrected chi connectivity index (χ0v) is 33.4.